The molecule has 1 unspecified atom stereocenters. The molecule has 29 heavy (non-hydrogen) atoms. The van der Waals surface area contributed by atoms with Crippen LogP contribution in [0.4, 0.5) is 4.39 Å². The molecule has 1 atom stereocenters. The summed E-state index contributed by atoms with van der Waals surface area (Å²) in [5.74, 6) is -0.840. The van der Waals surface area contributed by atoms with E-state index >= 15 is 0 Å². The highest BCUT2D eigenvalue weighted by molar-refractivity contribution is 5.92. The van der Waals surface area contributed by atoms with E-state index in [2.05, 4.69) is 15.3 Å². The molecule has 0 bridgehead atoms. The minimum absolute atomic E-state index is 0. The highest BCUT2D eigenvalue weighted by atomic mass is 35.5. The van der Waals surface area contributed by atoms with Gasteiger partial charge >= 0.3 is 0 Å². The van der Waals surface area contributed by atoms with Crippen LogP contribution in [0.3, 0.4) is 0 Å². The zero-order valence-electron chi connectivity index (χ0n) is 16.3. The minimum atomic E-state index is -0.458. The summed E-state index contributed by atoms with van der Waals surface area (Å²) in [7, 11) is 0. The number of amides is 1. The molecule has 2 aliphatic heterocycles. The molecule has 2 saturated heterocycles. The van der Waals surface area contributed by atoms with Crippen molar-refractivity contribution in [3.63, 3.8) is 0 Å². The number of para-hydroxylation sites is 1. The van der Waals surface area contributed by atoms with Crippen LogP contribution in [-0.2, 0) is 0 Å². The van der Waals surface area contributed by atoms with Gasteiger partial charge in [-0.2, -0.15) is 5.10 Å². The Kier molecular flexibility index (Phi) is 6.66. The molecule has 1 amide bonds. The van der Waals surface area contributed by atoms with E-state index in [1.807, 2.05) is 0 Å². The van der Waals surface area contributed by atoms with E-state index in [4.69, 9.17) is 0 Å². The van der Waals surface area contributed by atoms with E-state index < -0.39 is 11.2 Å². The summed E-state index contributed by atoms with van der Waals surface area (Å²) in [6.07, 6.45) is 0.888. The summed E-state index contributed by atoms with van der Waals surface area (Å²) in [4.78, 5) is 29.5. The zero-order chi connectivity index (χ0) is 19.7. The number of piperazine rings is 1. The lowest BCUT2D eigenvalue weighted by Crippen LogP contribution is -2.49. The highest BCUT2D eigenvalue weighted by Crippen LogP contribution is 2.18. The fourth-order valence-electron chi connectivity index (χ4n) is 3.98. The van der Waals surface area contributed by atoms with Gasteiger partial charge in [-0.1, -0.05) is 12.1 Å². The van der Waals surface area contributed by atoms with Crippen molar-refractivity contribution in [2.45, 2.75) is 19.4 Å². The highest BCUT2D eigenvalue weighted by Gasteiger charge is 2.33. The van der Waals surface area contributed by atoms with Crippen LogP contribution in [0.2, 0.25) is 0 Å². The molecular formula is C20H25ClFN5O2. The largest absolute Gasteiger partial charge is 0.335 e. The number of hydrogen-bond acceptors (Lipinski definition) is 5. The second kappa shape index (κ2) is 9.02. The summed E-state index contributed by atoms with van der Waals surface area (Å²) < 4.78 is 15.5. The van der Waals surface area contributed by atoms with Crippen LogP contribution < -0.4 is 10.7 Å². The maximum atomic E-state index is 14.2. The fourth-order valence-corrected chi connectivity index (χ4v) is 3.98. The van der Waals surface area contributed by atoms with E-state index in [0.717, 1.165) is 32.6 Å². The number of nitrogens with zero attached hydrogens (tertiary/aromatic N) is 4. The Morgan fingerprint density at radius 1 is 1.21 bits per heavy atom. The van der Waals surface area contributed by atoms with Crippen LogP contribution in [0.15, 0.2) is 35.1 Å². The number of aryl methyl sites for hydroxylation is 1. The lowest BCUT2D eigenvalue weighted by molar-refractivity contribution is 0.0764. The molecule has 0 aliphatic carbocycles. The molecule has 0 spiro atoms. The van der Waals surface area contributed by atoms with E-state index in [9.17, 15) is 14.0 Å². The number of aromatic nitrogens is 2. The van der Waals surface area contributed by atoms with Gasteiger partial charge in [0.15, 0.2) is 5.69 Å². The first kappa shape index (κ1) is 21.4. The number of halogens is 2. The van der Waals surface area contributed by atoms with Gasteiger partial charge in [-0.05, 0) is 25.5 Å². The van der Waals surface area contributed by atoms with Crippen molar-refractivity contribution in [2.24, 2.45) is 0 Å². The third-order valence-electron chi connectivity index (χ3n) is 5.51. The lowest BCUT2D eigenvalue weighted by Gasteiger charge is -2.32. The normalized spacial score (nSPS) is 19.8. The Bertz CT molecular complexity index is 945. The second-order valence-corrected chi connectivity index (χ2v) is 7.34. The van der Waals surface area contributed by atoms with Crippen LogP contribution in [-0.4, -0.2) is 70.8 Å². The number of carbonyl (C=O) groups excluding carboxylic acids is 1. The van der Waals surface area contributed by atoms with E-state index in [1.54, 1.807) is 30.0 Å². The summed E-state index contributed by atoms with van der Waals surface area (Å²) >= 11 is 0. The third-order valence-corrected chi connectivity index (χ3v) is 5.51. The maximum Gasteiger partial charge on any atom is 0.278 e. The molecule has 0 radical (unpaired) electrons. The molecule has 156 valence electrons. The monoisotopic (exact) mass is 421 g/mol. The average molecular weight is 422 g/mol. The van der Waals surface area contributed by atoms with Crippen molar-refractivity contribution in [1.82, 2.24) is 24.9 Å². The van der Waals surface area contributed by atoms with Gasteiger partial charge in [-0.25, -0.2) is 9.07 Å². The van der Waals surface area contributed by atoms with Crippen LogP contribution in [0.5, 0.6) is 0 Å². The third kappa shape index (κ3) is 4.34. The molecule has 2 aromatic rings. The molecule has 3 heterocycles. The van der Waals surface area contributed by atoms with Crippen molar-refractivity contribution < 1.29 is 9.18 Å². The van der Waals surface area contributed by atoms with Crippen molar-refractivity contribution in [3.05, 3.63) is 57.8 Å². The van der Waals surface area contributed by atoms with Gasteiger partial charge in [-0.15, -0.1) is 12.4 Å². The van der Waals surface area contributed by atoms with Crippen molar-refractivity contribution in [1.29, 1.82) is 0 Å². The molecule has 1 aromatic heterocycles. The summed E-state index contributed by atoms with van der Waals surface area (Å²) in [6.45, 7) is 6.71. The number of rotatable bonds is 3. The van der Waals surface area contributed by atoms with Gasteiger partial charge in [0.1, 0.15) is 11.5 Å². The molecule has 9 heteroatoms. The predicted molar refractivity (Wildman–Crippen MR) is 111 cm³/mol. The van der Waals surface area contributed by atoms with Crippen molar-refractivity contribution in [3.8, 4) is 5.69 Å². The number of benzene rings is 1. The van der Waals surface area contributed by atoms with Gasteiger partial charge < -0.3 is 10.2 Å². The molecule has 7 nitrogen and oxygen atoms in total. The van der Waals surface area contributed by atoms with E-state index in [-0.39, 0.29) is 29.7 Å². The molecule has 2 aliphatic rings. The SMILES string of the molecule is Cc1cc(=O)c(C(=O)N2CCC(N3CCNCC3)C2)nn1-c1ccccc1F.Cl. The quantitative estimate of drug-likeness (QED) is 0.807. The summed E-state index contributed by atoms with van der Waals surface area (Å²) in [6, 6.07) is 7.83. The van der Waals surface area contributed by atoms with Crippen LogP contribution in [0.25, 0.3) is 5.69 Å². The first-order chi connectivity index (χ1) is 13.5. The van der Waals surface area contributed by atoms with Crippen molar-refractivity contribution >= 4 is 18.3 Å². The van der Waals surface area contributed by atoms with E-state index in [0.29, 0.717) is 24.8 Å². The topological polar surface area (TPSA) is 70.5 Å². The second-order valence-electron chi connectivity index (χ2n) is 7.34. The minimum Gasteiger partial charge on any atom is -0.335 e. The standard InChI is InChI=1S/C20H24FN5O2.ClH/c1-14-12-18(27)19(23-26(14)17-5-3-2-4-16(17)21)20(28)25-9-6-15(13-25)24-10-7-22-8-11-24;/h2-5,12,15,22H,6-11,13H2,1H3;1H. The molecule has 0 saturated carbocycles. The number of likely N-dealkylation sites (tertiary alicyclic amines) is 1. The first-order valence-electron chi connectivity index (χ1n) is 9.64. The molecule has 1 N–H and O–H groups in total. The van der Waals surface area contributed by atoms with E-state index in [1.165, 1.54) is 16.8 Å². The Morgan fingerprint density at radius 2 is 1.93 bits per heavy atom. The van der Waals surface area contributed by atoms with Crippen LogP contribution >= 0.6 is 12.4 Å². The first-order valence-corrected chi connectivity index (χ1v) is 9.64. The Morgan fingerprint density at radius 3 is 2.66 bits per heavy atom. The summed E-state index contributed by atoms with van der Waals surface area (Å²) in [5, 5.41) is 7.56. The van der Waals surface area contributed by atoms with Crippen LogP contribution in [0, 0.1) is 12.7 Å². The number of hydrogen-bond donors (Lipinski definition) is 1. The van der Waals surface area contributed by atoms with Gasteiger partial charge in [-0.3, -0.25) is 14.5 Å². The Balaban J connectivity index is 0.00000240. The van der Waals surface area contributed by atoms with Crippen molar-refractivity contribution in [2.75, 3.05) is 39.3 Å². The van der Waals surface area contributed by atoms with Crippen LogP contribution in [0.1, 0.15) is 22.6 Å². The fraction of sp³-hybridized carbons (Fsp3) is 0.450. The van der Waals surface area contributed by atoms with Gasteiger partial charge in [0.05, 0.1) is 0 Å². The van der Waals surface area contributed by atoms with Gasteiger partial charge in [0, 0.05) is 57.1 Å². The maximum absolute atomic E-state index is 14.2. The van der Waals surface area contributed by atoms with Gasteiger partial charge in [0.2, 0.25) is 5.43 Å². The Hall–Kier alpha value is -2.29. The number of nitrogens with one attached hydrogen (secondary N) is 1. The smallest absolute Gasteiger partial charge is 0.278 e. The number of carbonyl (C=O) groups is 1. The summed E-state index contributed by atoms with van der Waals surface area (Å²) in [5.41, 5.74) is 0.108. The predicted octanol–water partition coefficient (Wildman–Crippen LogP) is 1.22. The molecule has 4 rings (SSSR count). The zero-order valence-corrected chi connectivity index (χ0v) is 17.1. The molecule has 1 aromatic carbocycles. The average Bonchev–Trinajstić information content (AvgIpc) is 3.19. The van der Waals surface area contributed by atoms with Gasteiger partial charge in [0.25, 0.3) is 5.91 Å². The molecule has 2 fully saturated rings. The molecular weight excluding hydrogens is 397 g/mol. The Labute approximate surface area is 174 Å². The lowest BCUT2D eigenvalue weighted by atomic mass is 10.2.